The molecule has 1 heterocycles. The van der Waals surface area contributed by atoms with Gasteiger partial charge in [-0.05, 0) is 18.3 Å². The standard InChI is InChI=1S/C12H21N5/c1-12(5-3-2-4-6-12)9-15-10-7-14-8-11(16-10)17-13/h7-8H,2-6,9,13H2,1H3,(H2,15,16,17). The molecule has 1 aliphatic rings. The van der Waals surface area contributed by atoms with Gasteiger partial charge in [-0.3, -0.25) is 4.98 Å². The van der Waals surface area contributed by atoms with Crippen molar-refractivity contribution in [2.75, 3.05) is 17.3 Å². The number of nitrogens with one attached hydrogen (secondary N) is 2. The van der Waals surface area contributed by atoms with Crippen molar-refractivity contribution < 1.29 is 0 Å². The van der Waals surface area contributed by atoms with E-state index >= 15 is 0 Å². The molecule has 5 heteroatoms. The molecule has 1 saturated carbocycles. The Morgan fingerprint density at radius 1 is 1.24 bits per heavy atom. The monoisotopic (exact) mass is 235 g/mol. The fraction of sp³-hybridized carbons (Fsp3) is 0.667. The van der Waals surface area contributed by atoms with Crippen molar-refractivity contribution in [3.05, 3.63) is 12.4 Å². The minimum Gasteiger partial charge on any atom is -0.368 e. The quantitative estimate of drug-likeness (QED) is 0.550. The lowest BCUT2D eigenvalue weighted by Crippen LogP contribution is -2.29. The van der Waals surface area contributed by atoms with Crippen molar-refractivity contribution in [1.29, 1.82) is 0 Å². The lowest BCUT2D eigenvalue weighted by atomic mass is 9.76. The van der Waals surface area contributed by atoms with Crippen LogP contribution in [0.25, 0.3) is 0 Å². The molecular weight excluding hydrogens is 214 g/mol. The third kappa shape index (κ3) is 3.30. The van der Waals surface area contributed by atoms with Crippen LogP contribution < -0.4 is 16.6 Å². The normalized spacial score (nSPS) is 18.7. The van der Waals surface area contributed by atoms with E-state index in [2.05, 4.69) is 27.6 Å². The van der Waals surface area contributed by atoms with Crippen LogP contribution in [0.1, 0.15) is 39.0 Å². The zero-order valence-corrected chi connectivity index (χ0v) is 10.4. The Bertz CT molecular complexity index is 360. The molecule has 0 atom stereocenters. The molecular formula is C12H21N5. The van der Waals surface area contributed by atoms with Crippen LogP contribution in [0.5, 0.6) is 0 Å². The summed E-state index contributed by atoms with van der Waals surface area (Å²) in [5.41, 5.74) is 2.90. The van der Waals surface area contributed by atoms with Gasteiger partial charge < -0.3 is 10.7 Å². The summed E-state index contributed by atoms with van der Waals surface area (Å²) in [6.07, 6.45) is 9.98. The number of rotatable bonds is 4. The first-order valence-electron chi connectivity index (χ1n) is 6.24. The molecule has 0 aliphatic heterocycles. The Morgan fingerprint density at radius 3 is 2.65 bits per heavy atom. The summed E-state index contributed by atoms with van der Waals surface area (Å²) >= 11 is 0. The van der Waals surface area contributed by atoms with Gasteiger partial charge in [-0.25, -0.2) is 10.8 Å². The molecule has 1 aliphatic carbocycles. The van der Waals surface area contributed by atoms with Crippen LogP contribution in [0, 0.1) is 5.41 Å². The molecule has 0 amide bonds. The maximum atomic E-state index is 5.30. The largest absolute Gasteiger partial charge is 0.368 e. The maximum absolute atomic E-state index is 5.30. The number of nitrogens with zero attached hydrogens (tertiary/aromatic N) is 2. The second-order valence-electron chi connectivity index (χ2n) is 5.16. The molecule has 0 spiro atoms. The van der Waals surface area contributed by atoms with Crippen LogP contribution in [-0.2, 0) is 0 Å². The molecule has 17 heavy (non-hydrogen) atoms. The molecule has 1 fully saturated rings. The van der Waals surface area contributed by atoms with Crippen LogP contribution in [0.4, 0.5) is 11.6 Å². The third-order valence-corrected chi connectivity index (χ3v) is 3.54. The summed E-state index contributed by atoms with van der Waals surface area (Å²) in [5, 5.41) is 3.36. The number of hydrogen-bond donors (Lipinski definition) is 3. The van der Waals surface area contributed by atoms with Gasteiger partial charge in [0.2, 0.25) is 0 Å². The van der Waals surface area contributed by atoms with Gasteiger partial charge in [-0.2, -0.15) is 0 Å². The van der Waals surface area contributed by atoms with Gasteiger partial charge in [0.15, 0.2) is 5.82 Å². The maximum Gasteiger partial charge on any atom is 0.160 e. The summed E-state index contributed by atoms with van der Waals surface area (Å²) in [6, 6.07) is 0. The van der Waals surface area contributed by atoms with Crippen LogP contribution in [0.3, 0.4) is 0 Å². The Balaban J connectivity index is 1.92. The minimum absolute atomic E-state index is 0.395. The molecule has 1 aromatic rings. The van der Waals surface area contributed by atoms with E-state index in [9.17, 15) is 0 Å². The molecule has 0 saturated heterocycles. The first-order chi connectivity index (χ1) is 8.22. The van der Waals surface area contributed by atoms with Gasteiger partial charge >= 0.3 is 0 Å². The number of hydrogen-bond acceptors (Lipinski definition) is 5. The molecule has 0 bridgehead atoms. The highest BCUT2D eigenvalue weighted by Gasteiger charge is 2.26. The topological polar surface area (TPSA) is 75.9 Å². The highest BCUT2D eigenvalue weighted by atomic mass is 15.3. The third-order valence-electron chi connectivity index (χ3n) is 3.54. The molecule has 0 radical (unpaired) electrons. The first-order valence-corrected chi connectivity index (χ1v) is 6.24. The summed E-state index contributed by atoms with van der Waals surface area (Å²) in [7, 11) is 0. The fourth-order valence-corrected chi connectivity index (χ4v) is 2.41. The van der Waals surface area contributed by atoms with E-state index in [1.165, 1.54) is 32.1 Å². The van der Waals surface area contributed by atoms with Crippen molar-refractivity contribution >= 4 is 11.6 Å². The predicted molar refractivity (Wildman–Crippen MR) is 69.5 cm³/mol. The molecule has 2 rings (SSSR count). The average molecular weight is 235 g/mol. The Kier molecular flexibility index (Phi) is 3.78. The molecule has 1 aromatic heterocycles. The van der Waals surface area contributed by atoms with Crippen LogP contribution in [-0.4, -0.2) is 16.5 Å². The summed E-state index contributed by atoms with van der Waals surface area (Å²) in [6.45, 7) is 3.30. The van der Waals surface area contributed by atoms with Gasteiger partial charge in [-0.1, -0.05) is 26.2 Å². The van der Waals surface area contributed by atoms with E-state index in [0.29, 0.717) is 11.2 Å². The van der Waals surface area contributed by atoms with Crippen molar-refractivity contribution in [1.82, 2.24) is 9.97 Å². The fourth-order valence-electron chi connectivity index (χ4n) is 2.41. The molecule has 0 unspecified atom stereocenters. The van der Waals surface area contributed by atoms with E-state index in [-0.39, 0.29) is 0 Å². The van der Waals surface area contributed by atoms with Gasteiger partial charge in [0, 0.05) is 6.54 Å². The first kappa shape index (κ1) is 12.1. The van der Waals surface area contributed by atoms with E-state index in [0.717, 1.165) is 12.4 Å². The Morgan fingerprint density at radius 2 is 1.94 bits per heavy atom. The van der Waals surface area contributed by atoms with Crippen molar-refractivity contribution in [2.24, 2.45) is 11.3 Å². The SMILES string of the molecule is CC1(CNc2cncc(NN)n2)CCCCC1. The summed E-state index contributed by atoms with van der Waals surface area (Å²) in [4.78, 5) is 8.37. The second-order valence-corrected chi connectivity index (χ2v) is 5.16. The van der Waals surface area contributed by atoms with Crippen LogP contribution in [0.2, 0.25) is 0 Å². The van der Waals surface area contributed by atoms with Gasteiger partial charge in [0.1, 0.15) is 5.82 Å². The number of nitrogens with two attached hydrogens (primary N) is 1. The Hall–Kier alpha value is -1.36. The van der Waals surface area contributed by atoms with E-state index in [1.807, 2.05) is 0 Å². The van der Waals surface area contributed by atoms with Crippen LogP contribution >= 0.6 is 0 Å². The van der Waals surface area contributed by atoms with Gasteiger partial charge in [0.25, 0.3) is 0 Å². The predicted octanol–water partition coefficient (Wildman–Crippen LogP) is 2.14. The highest BCUT2D eigenvalue weighted by molar-refractivity contribution is 5.40. The molecule has 5 nitrogen and oxygen atoms in total. The molecule has 0 aromatic carbocycles. The van der Waals surface area contributed by atoms with Gasteiger partial charge in [0.05, 0.1) is 12.4 Å². The molecule has 4 N–H and O–H groups in total. The van der Waals surface area contributed by atoms with Crippen molar-refractivity contribution in [2.45, 2.75) is 39.0 Å². The van der Waals surface area contributed by atoms with Crippen molar-refractivity contribution in [3.63, 3.8) is 0 Å². The van der Waals surface area contributed by atoms with E-state index < -0.39 is 0 Å². The zero-order chi connectivity index (χ0) is 12.1. The lowest BCUT2D eigenvalue weighted by Gasteiger charge is -2.33. The van der Waals surface area contributed by atoms with Crippen LogP contribution in [0.15, 0.2) is 12.4 Å². The number of aromatic nitrogens is 2. The number of nitrogen functional groups attached to an aromatic ring is 1. The van der Waals surface area contributed by atoms with E-state index in [4.69, 9.17) is 5.84 Å². The van der Waals surface area contributed by atoms with E-state index in [1.54, 1.807) is 12.4 Å². The minimum atomic E-state index is 0.395. The van der Waals surface area contributed by atoms with Crippen molar-refractivity contribution in [3.8, 4) is 0 Å². The van der Waals surface area contributed by atoms with Gasteiger partial charge in [-0.15, -0.1) is 0 Å². The Labute approximate surface area is 102 Å². The zero-order valence-electron chi connectivity index (χ0n) is 10.4. The highest BCUT2D eigenvalue weighted by Crippen LogP contribution is 2.35. The molecule has 94 valence electrons. The smallest absolute Gasteiger partial charge is 0.160 e. The number of hydrazine groups is 1. The lowest BCUT2D eigenvalue weighted by molar-refractivity contribution is 0.233. The average Bonchev–Trinajstić information content (AvgIpc) is 2.38. The summed E-state index contributed by atoms with van der Waals surface area (Å²) in [5.74, 6) is 6.67. The second kappa shape index (κ2) is 5.31. The summed E-state index contributed by atoms with van der Waals surface area (Å²) < 4.78 is 0. The number of anilines is 2.